The summed E-state index contributed by atoms with van der Waals surface area (Å²) in [4.78, 5) is 2.44. The number of rotatable bonds is 20. The van der Waals surface area contributed by atoms with Gasteiger partial charge in [0.05, 0.1) is 37.5 Å². The molecule has 0 saturated heterocycles. The monoisotopic (exact) mass is 1880 g/mol. The van der Waals surface area contributed by atoms with E-state index in [1.165, 1.54) is 54.6 Å². The minimum Gasteiger partial charge on any atom is -0.451 e. The zero-order chi connectivity index (χ0) is 93.7. The van der Waals surface area contributed by atoms with Gasteiger partial charge in [0.15, 0.2) is 46.5 Å². The number of benzene rings is 16. The van der Waals surface area contributed by atoms with Crippen molar-refractivity contribution in [1.29, 1.82) is 0 Å². The van der Waals surface area contributed by atoms with E-state index in [0.29, 0.717) is 45.4 Å². The van der Waals surface area contributed by atoms with E-state index in [-0.39, 0.29) is 32.7 Å². The number of nitrogens with zero attached hydrogens (tertiary/aromatic N) is 2. The Balaban J connectivity index is 0.00000158. The Kier molecular flexibility index (Phi) is 25.0. The molecule has 662 valence electrons. The predicted octanol–water partition coefficient (Wildman–Crippen LogP) is 24.5. The zero-order valence-corrected chi connectivity index (χ0v) is 68.5. The molecule has 131 heavy (non-hydrogen) atoms. The van der Waals surface area contributed by atoms with Crippen molar-refractivity contribution in [2.75, 3.05) is 9.80 Å². The topological polar surface area (TPSA) is 255 Å². The molecule has 0 aromatic heterocycles. The number of fused-ring (bicyclic) bond motifs is 5. The van der Waals surface area contributed by atoms with E-state index >= 15 is 70.2 Å². The maximum atomic E-state index is 16.6. The van der Waals surface area contributed by atoms with Gasteiger partial charge in [0.1, 0.15) is 23.0 Å². The number of halogens is 16. The van der Waals surface area contributed by atoms with Crippen LogP contribution in [0, 0.1) is 93.1 Å². The minimum absolute atomic E-state index is 0.0456. The van der Waals surface area contributed by atoms with Crippen LogP contribution in [-0.2, 0) is 46.9 Å². The van der Waals surface area contributed by atoms with Crippen LogP contribution >= 0.6 is 0 Å². The van der Waals surface area contributed by atoms with Crippen LogP contribution < -0.4 is 28.7 Å². The molecule has 0 aliphatic heterocycles. The normalized spacial score (nSPS) is 12.7. The summed E-state index contributed by atoms with van der Waals surface area (Å²) in [6, 6.07) is 70.7. The molecule has 0 spiro atoms. The van der Waals surface area contributed by atoms with Crippen molar-refractivity contribution in [1.82, 2.24) is 0 Å². The van der Waals surface area contributed by atoms with Gasteiger partial charge in [-0.05, 0) is 172 Å². The standard InChI is InChI=1S/C93H48F16N2O10S2.2O3S/c94-73-69(71-77(98)85(106)91(86(107)78(71)99)120-67-26-14-16-48-43-59(122(112,113)114)40-42-62(48)67)74(95)82(103)89(81(73)102)118-57-36-27-49(28-37-57)93(65-25-13-12-24-63(65)64-41-35-56(45-66(64)93)111(53-21-8-3-9-22-53)55-33-31-54(32-34-55)110(51-17-4-1-5-18-51)52-19-6-2-7-20-52)50-29-38-58(39-30-50)119-90-83(104)75(96)70(76(97)84(90)105)72-79(100)87(108)92(88(109)80(72)101)121-68-46-60(123(115,116)117)44-47-15-10-11-23-61(47)68;2*1-4(2)3/h1-46H,(H,112,113,114)(H,115,116,117);;. The number of para-hydroxylation sites is 3. The third kappa shape index (κ3) is 17.0. The van der Waals surface area contributed by atoms with Crippen molar-refractivity contribution in [3.8, 4) is 79.4 Å². The lowest BCUT2D eigenvalue weighted by atomic mass is 9.67. The molecule has 16 aromatic carbocycles. The van der Waals surface area contributed by atoms with Crippen LogP contribution in [0.15, 0.2) is 289 Å². The predicted molar refractivity (Wildman–Crippen MR) is 443 cm³/mol. The maximum Gasteiger partial charge on any atom is 0.425 e. The summed E-state index contributed by atoms with van der Waals surface area (Å²) in [5, 5.41) is -0.375. The highest BCUT2D eigenvalue weighted by Gasteiger charge is 2.48. The maximum absolute atomic E-state index is 16.6. The van der Waals surface area contributed by atoms with Crippen LogP contribution in [-0.4, -0.2) is 51.2 Å². The molecule has 0 amide bonds. The second kappa shape index (κ2) is 36.1. The zero-order valence-electron chi connectivity index (χ0n) is 65.2. The molecule has 0 saturated carbocycles. The lowest BCUT2D eigenvalue weighted by molar-refractivity contribution is 0.361. The summed E-state index contributed by atoms with van der Waals surface area (Å²) in [7, 11) is -16.1. The van der Waals surface area contributed by atoms with Crippen molar-refractivity contribution in [2.24, 2.45) is 0 Å². The number of ether oxygens (including phenoxy) is 4. The van der Waals surface area contributed by atoms with Crippen molar-refractivity contribution < 1.29 is 140 Å². The average Bonchev–Trinajstić information content (AvgIpc) is 1.54. The molecule has 0 radical (unpaired) electrons. The average molecular weight is 1880 g/mol. The largest absolute Gasteiger partial charge is 0.451 e. The molecule has 38 heteroatoms. The molecule has 0 fully saturated rings. The Hall–Kier alpha value is -15.2. The summed E-state index contributed by atoms with van der Waals surface area (Å²) in [5.41, 5.74) is -4.23. The highest BCUT2D eigenvalue weighted by Crippen LogP contribution is 2.59. The first-order valence-corrected chi connectivity index (χ1v) is 42.3. The van der Waals surface area contributed by atoms with Crippen LogP contribution in [0.5, 0.6) is 46.0 Å². The van der Waals surface area contributed by atoms with Crippen molar-refractivity contribution in [3.63, 3.8) is 0 Å². The third-order valence-corrected chi connectivity index (χ3v) is 22.4. The van der Waals surface area contributed by atoms with Gasteiger partial charge >= 0.3 is 21.2 Å². The second-order valence-electron chi connectivity index (χ2n) is 28.2. The van der Waals surface area contributed by atoms with Crippen LogP contribution in [0.2, 0.25) is 0 Å². The molecule has 1 aliphatic carbocycles. The second-order valence-corrected chi connectivity index (χ2v) is 31.8. The molecule has 1 atom stereocenters. The number of hydrogen-bond donors (Lipinski definition) is 2. The highest BCUT2D eigenvalue weighted by molar-refractivity contribution is 7.86. The van der Waals surface area contributed by atoms with Gasteiger partial charge in [-0.3, -0.25) is 9.11 Å². The quantitative estimate of drug-likeness (QED) is 0.0408. The van der Waals surface area contributed by atoms with Gasteiger partial charge in [0.25, 0.3) is 20.2 Å². The van der Waals surface area contributed by atoms with E-state index in [1.54, 1.807) is 42.5 Å². The molecule has 16 aromatic rings. The molecule has 1 unspecified atom stereocenters. The van der Waals surface area contributed by atoms with Gasteiger partial charge in [-0.2, -0.15) is 52.0 Å². The molecular formula is C93H48F16N2O16S4. The van der Waals surface area contributed by atoms with Gasteiger partial charge in [0.2, 0.25) is 69.5 Å². The fraction of sp³-hybridized carbons (Fsp3) is 0.0108. The van der Waals surface area contributed by atoms with Crippen LogP contribution in [0.25, 0.3) is 54.9 Å². The lowest BCUT2D eigenvalue weighted by Crippen LogP contribution is -2.28. The lowest BCUT2D eigenvalue weighted by Gasteiger charge is -2.35. The Morgan fingerprint density at radius 1 is 0.260 bits per heavy atom. The molecule has 18 nitrogen and oxygen atoms in total. The summed E-state index contributed by atoms with van der Waals surface area (Å²) in [5.74, 6) is -51.2. The summed E-state index contributed by atoms with van der Waals surface area (Å²) >= 11 is 0. The fourth-order valence-electron chi connectivity index (χ4n) is 15.2. The summed E-state index contributed by atoms with van der Waals surface area (Å²) in [6.07, 6.45) is 0. The molecule has 0 heterocycles. The van der Waals surface area contributed by atoms with Crippen LogP contribution in [0.1, 0.15) is 22.3 Å². The number of anilines is 6. The van der Waals surface area contributed by atoms with E-state index in [1.807, 2.05) is 125 Å². The Morgan fingerprint density at radius 3 is 0.962 bits per heavy atom. The fourth-order valence-corrected chi connectivity index (χ4v) is 16.3. The Labute approximate surface area is 732 Å². The van der Waals surface area contributed by atoms with Gasteiger partial charge in [0, 0.05) is 51.0 Å². The smallest absolute Gasteiger partial charge is 0.425 e. The van der Waals surface area contributed by atoms with Gasteiger partial charge in [-0.25, -0.2) is 35.1 Å². The Morgan fingerprint density at radius 2 is 0.565 bits per heavy atom. The van der Waals surface area contributed by atoms with E-state index in [0.717, 1.165) is 77.7 Å². The van der Waals surface area contributed by atoms with E-state index < -0.39 is 218 Å². The first-order chi connectivity index (χ1) is 62.4. The van der Waals surface area contributed by atoms with E-state index in [2.05, 4.69) is 0 Å². The van der Waals surface area contributed by atoms with Crippen LogP contribution in [0.4, 0.5) is 104 Å². The molecule has 17 rings (SSSR count). The minimum atomic E-state index is -5.08. The van der Waals surface area contributed by atoms with E-state index in [9.17, 15) is 25.9 Å². The molecule has 2 N–H and O–H groups in total. The van der Waals surface area contributed by atoms with Crippen LogP contribution in [0.3, 0.4) is 0 Å². The van der Waals surface area contributed by atoms with Gasteiger partial charge in [-0.1, -0.05) is 146 Å². The number of hydrogen-bond acceptors (Lipinski definition) is 16. The third-order valence-electron chi connectivity index (χ3n) is 20.7. The van der Waals surface area contributed by atoms with Gasteiger partial charge in [-0.15, -0.1) is 25.3 Å². The van der Waals surface area contributed by atoms with Crippen molar-refractivity contribution >= 4 is 97.1 Å². The summed E-state index contributed by atoms with van der Waals surface area (Å²) < 4.78 is 401. The summed E-state index contributed by atoms with van der Waals surface area (Å²) in [6.45, 7) is 0. The van der Waals surface area contributed by atoms with Gasteiger partial charge < -0.3 is 28.7 Å². The first kappa shape index (κ1) is 90.6. The highest BCUT2D eigenvalue weighted by atomic mass is 32.2. The van der Waals surface area contributed by atoms with E-state index in [4.69, 9.17) is 44.2 Å². The Bertz CT molecular complexity index is 7610. The molecular weight excluding hydrogens is 1830 g/mol. The first-order valence-electron chi connectivity index (χ1n) is 37.4. The SMILES string of the molecule is O=S(=O)(O)c1ccc2c(Oc3c(F)c(F)c(-c4c(F)c(F)c(Oc5ccc(C6(c7ccc(Oc8c(F)c(F)c(-c9c(F)c(F)c(Oc%10cc(S(=O)(=O)O)cc%11ccccc%10%11)c(F)c9F)c(F)c8F)cc7)c7ccccc7-c7ccc(N(c8ccccc8)c8ccc(N(c9ccccc9)c9ccccc9)cc8)cc76)cc5)c(F)c4F)c(F)c3F)cccc2c1.O=S(=O)=O.O=S(=O)=O. The molecule has 0 bridgehead atoms. The van der Waals surface area contributed by atoms with Crippen molar-refractivity contribution in [2.45, 2.75) is 15.2 Å². The molecule has 1 aliphatic rings. The van der Waals surface area contributed by atoms with Crippen molar-refractivity contribution in [3.05, 3.63) is 394 Å².